The molecule has 2 heterocycles. The maximum atomic E-state index is 12.6. The number of halogens is 1. The second kappa shape index (κ2) is 6.42. The number of benzene rings is 2. The Balaban J connectivity index is 1.76. The molecule has 0 N–H and O–H groups in total. The molecule has 0 bridgehead atoms. The molecule has 0 aliphatic heterocycles. The van der Waals surface area contributed by atoms with Gasteiger partial charge in [-0.15, -0.1) is 5.10 Å². The van der Waals surface area contributed by atoms with Crippen molar-refractivity contribution < 1.29 is 4.74 Å². The van der Waals surface area contributed by atoms with Crippen LogP contribution in [-0.4, -0.2) is 21.7 Å². The zero-order chi connectivity index (χ0) is 17.4. The van der Waals surface area contributed by atoms with Gasteiger partial charge in [0.15, 0.2) is 5.82 Å². The minimum absolute atomic E-state index is 0.160. The highest BCUT2D eigenvalue weighted by Gasteiger charge is 2.11. The Hall–Kier alpha value is -2.51. The molecule has 4 aromatic rings. The lowest BCUT2D eigenvalue weighted by Gasteiger charge is -1.98. The van der Waals surface area contributed by atoms with Crippen LogP contribution in [-0.2, 0) is 0 Å². The van der Waals surface area contributed by atoms with Crippen LogP contribution in [0.5, 0.6) is 5.75 Å². The number of ether oxygens (including phenoxy) is 1. The minimum atomic E-state index is -0.160. The molecule has 0 aliphatic rings. The topological polar surface area (TPSA) is 56.5 Å². The van der Waals surface area contributed by atoms with E-state index in [1.165, 1.54) is 15.9 Å². The lowest BCUT2D eigenvalue weighted by Crippen LogP contribution is -2.23. The van der Waals surface area contributed by atoms with E-state index in [1.807, 2.05) is 54.6 Å². The number of nitrogens with zero attached hydrogens (tertiary/aromatic N) is 3. The second-order valence-electron chi connectivity index (χ2n) is 5.33. The van der Waals surface area contributed by atoms with Crippen LogP contribution in [0.15, 0.2) is 57.8 Å². The molecule has 0 saturated carbocycles. The number of aromatic nitrogens is 3. The molecule has 0 amide bonds. The molecule has 0 aliphatic carbocycles. The van der Waals surface area contributed by atoms with Crippen LogP contribution in [0.2, 0.25) is 0 Å². The smallest absolute Gasteiger partial charge is 0.291 e. The molecule has 7 heteroatoms. The number of thiazole rings is 1. The average Bonchev–Trinajstić information content (AvgIpc) is 3.16. The molecule has 0 saturated heterocycles. The summed E-state index contributed by atoms with van der Waals surface area (Å²) in [5.41, 5.74) is 1.64. The molecule has 2 aromatic heterocycles. The number of rotatable bonds is 3. The summed E-state index contributed by atoms with van der Waals surface area (Å²) < 4.78 is 8.08. The number of fused-ring (bicyclic) bond motifs is 1. The predicted molar refractivity (Wildman–Crippen MR) is 102 cm³/mol. The fourth-order valence-electron chi connectivity index (χ4n) is 2.41. The summed E-state index contributed by atoms with van der Waals surface area (Å²) in [5.74, 6) is 1.33. The first kappa shape index (κ1) is 16.0. The van der Waals surface area contributed by atoms with E-state index < -0.39 is 0 Å². The van der Waals surface area contributed by atoms with E-state index in [9.17, 15) is 4.79 Å². The van der Waals surface area contributed by atoms with Crippen molar-refractivity contribution in [3.05, 3.63) is 73.5 Å². The van der Waals surface area contributed by atoms with Gasteiger partial charge >= 0.3 is 0 Å². The molecule has 0 radical (unpaired) electrons. The SMILES string of the molecule is COc1ccc(/C=c2/sc3nc(-c4ccc(Br)cc4)nn3c2=O)cc1. The van der Waals surface area contributed by atoms with E-state index >= 15 is 0 Å². The molecule has 124 valence electrons. The molecule has 4 rings (SSSR count). The summed E-state index contributed by atoms with van der Waals surface area (Å²) in [4.78, 5) is 17.6. The number of methoxy groups -OCH3 is 1. The molecule has 0 fully saturated rings. The Kier molecular flexibility index (Phi) is 4.10. The van der Waals surface area contributed by atoms with E-state index in [0.717, 1.165) is 21.3 Å². The third kappa shape index (κ3) is 3.08. The molecule has 0 spiro atoms. The Morgan fingerprint density at radius 2 is 1.84 bits per heavy atom. The van der Waals surface area contributed by atoms with Gasteiger partial charge in [0.25, 0.3) is 5.56 Å². The normalized spacial score (nSPS) is 12.0. The third-order valence-electron chi connectivity index (χ3n) is 3.70. The van der Waals surface area contributed by atoms with Crippen molar-refractivity contribution in [3.63, 3.8) is 0 Å². The first-order chi connectivity index (χ1) is 12.1. The largest absolute Gasteiger partial charge is 0.497 e. The highest BCUT2D eigenvalue weighted by Crippen LogP contribution is 2.19. The van der Waals surface area contributed by atoms with Gasteiger partial charge in [-0.25, -0.2) is 0 Å². The Morgan fingerprint density at radius 3 is 2.48 bits per heavy atom. The van der Waals surface area contributed by atoms with Gasteiger partial charge in [-0.05, 0) is 35.9 Å². The zero-order valence-corrected chi connectivity index (χ0v) is 15.5. The summed E-state index contributed by atoms with van der Waals surface area (Å²) in [6.45, 7) is 0. The molecule has 25 heavy (non-hydrogen) atoms. The van der Waals surface area contributed by atoms with Crippen molar-refractivity contribution in [1.29, 1.82) is 0 Å². The summed E-state index contributed by atoms with van der Waals surface area (Å²) in [5, 5.41) is 4.35. The number of hydrogen-bond acceptors (Lipinski definition) is 5. The van der Waals surface area contributed by atoms with Gasteiger partial charge in [0.1, 0.15) is 5.75 Å². The fraction of sp³-hybridized carbons (Fsp3) is 0.0556. The van der Waals surface area contributed by atoms with Gasteiger partial charge in [0, 0.05) is 10.0 Å². The zero-order valence-electron chi connectivity index (χ0n) is 13.1. The maximum Gasteiger partial charge on any atom is 0.291 e. The van der Waals surface area contributed by atoms with E-state index in [2.05, 4.69) is 26.0 Å². The van der Waals surface area contributed by atoms with Crippen LogP contribution in [0.3, 0.4) is 0 Å². The third-order valence-corrected chi connectivity index (χ3v) is 5.19. The van der Waals surface area contributed by atoms with Crippen LogP contribution in [0.4, 0.5) is 0 Å². The van der Waals surface area contributed by atoms with Gasteiger partial charge in [0.05, 0.1) is 11.6 Å². The van der Waals surface area contributed by atoms with Crippen LogP contribution < -0.4 is 14.8 Å². The van der Waals surface area contributed by atoms with Crippen molar-refractivity contribution >= 4 is 38.3 Å². The molecule has 0 unspecified atom stereocenters. The quantitative estimate of drug-likeness (QED) is 0.517. The second-order valence-corrected chi connectivity index (χ2v) is 7.25. The van der Waals surface area contributed by atoms with Crippen LogP contribution in [0.25, 0.3) is 22.4 Å². The average molecular weight is 414 g/mol. The Bertz CT molecular complexity index is 1150. The van der Waals surface area contributed by atoms with Crippen molar-refractivity contribution in [2.45, 2.75) is 0 Å². The monoisotopic (exact) mass is 413 g/mol. The van der Waals surface area contributed by atoms with Gasteiger partial charge in [0.2, 0.25) is 4.96 Å². The maximum absolute atomic E-state index is 12.6. The van der Waals surface area contributed by atoms with Crippen LogP contribution in [0.1, 0.15) is 5.56 Å². The van der Waals surface area contributed by atoms with Crippen molar-refractivity contribution in [3.8, 4) is 17.1 Å². The van der Waals surface area contributed by atoms with Gasteiger partial charge < -0.3 is 4.74 Å². The van der Waals surface area contributed by atoms with E-state index in [0.29, 0.717) is 15.3 Å². The summed E-state index contributed by atoms with van der Waals surface area (Å²) in [6.07, 6.45) is 1.84. The van der Waals surface area contributed by atoms with Crippen molar-refractivity contribution in [2.75, 3.05) is 7.11 Å². The highest BCUT2D eigenvalue weighted by molar-refractivity contribution is 9.10. The highest BCUT2D eigenvalue weighted by atomic mass is 79.9. The van der Waals surface area contributed by atoms with Crippen LogP contribution >= 0.6 is 27.3 Å². The van der Waals surface area contributed by atoms with E-state index in [-0.39, 0.29) is 5.56 Å². The summed E-state index contributed by atoms with van der Waals surface area (Å²) in [6, 6.07) is 15.2. The van der Waals surface area contributed by atoms with Gasteiger partial charge in [-0.3, -0.25) is 4.79 Å². The standard InChI is InChI=1S/C18H12BrN3O2S/c1-24-14-8-2-11(3-9-14)10-15-17(23)22-18(25-15)20-16(21-22)12-4-6-13(19)7-5-12/h2-10H,1H3/b15-10+. The predicted octanol–water partition coefficient (Wildman–Crippen LogP) is 3.14. The van der Waals surface area contributed by atoms with Crippen LogP contribution in [0, 0.1) is 0 Å². The van der Waals surface area contributed by atoms with Crippen molar-refractivity contribution in [1.82, 2.24) is 14.6 Å². The van der Waals surface area contributed by atoms with E-state index in [4.69, 9.17) is 4.74 Å². The van der Waals surface area contributed by atoms with Gasteiger partial charge in [-0.2, -0.15) is 9.50 Å². The Morgan fingerprint density at radius 1 is 1.12 bits per heavy atom. The summed E-state index contributed by atoms with van der Waals surface area (Å²) in [7, 11) is 1.62. The first-order valence-corrected chi connectivity index (χ1v) is 9.06. The van der Waals surface area contributed by atoms with Crippen molar-refractivity contribution in [2.24, 2.45) is 0 Å². The van der Waals surface area contributed by atoms with Gasteiger partial charge in [-0.1, -0.05) is 51.5 Å². The summed E-state index contributed by atoms with van der Waals surface area (Å²) >= 11 is 4.73. The molecular weight excluding hydrogens is 402 g/mol. The lowest BCUT2D eigenvalue weighted by molar-refractivity contribution is 0.415. The Labute approximate surface area is 155 Å². The molecular formula is C18H12BrN3O2S. The van der Waals surface area contributed by atoms with E-state index in [1.54, 1.807) is 7.11 Å². The molecule has 0 atom stereocenters. The molecule has 2 aromatic carbocycles. The fourth-order valence-corrected chi connectivity index (χ4v) is 3.58. The molecule has 5 nitrogen and oxygen atoms in total. The minimum Gasteiger partial charge on any atom is -0.497 e. The first-order valence-electron chi connectivity index (χ1n) is 7.45. The number of hydrogen-bond donors (Lipinski definition) is 0. The lowest BCUT2D eigenvalue weighted by atomic mass is 10.2.